The summed E-state index contributed by atoms with van der Waals surface area (Å²) in [6.07, 6.45) is 11.4. The molecule has 0 aromatic carbocycles. The summed E-state index contributed by atoms with van der Waals surface area (Å²) in [7, 11) is 0. The van der Waals surface area contributed by atoms with Crippen LogP contribution in [0.3, 0.4) is 0 Å². The first-order valence-corrected chi connectivity index (χ1v) is 8.30. The van der Waals surface area contributed by atoms with Gasteiger partial charge in [0.2, 0.25) is 0 Å². The lowest BCUT2D eigenvalue weighted by Gasteiger charge is -2.23. The Hall–Kier alpha value is -1.58. The van der Waals surface area contributed by atoms with Gasteiger partial charge < -0.3 is 10.6 Å². The van der Waals surface area contributed by atoms with Gasteiger partial charge in [0.25, 0.3) is 5.91 Å². The van der Waals surface area contributed by atoms with Gasteiger partial charge in [-0.1, -0.05) is 39.0 Å². The van der Waals surface area contributed by atoms with E-state index in [9.17, 15) is 4.79 Å². The number of hydrogen-bond donors (Lipinski definition) is 2. The lowest BCUT2D eigenvalue weighted by atomic mass is 9.95. The number of nitrogens with zero attached hydrogens (tertiary/aromatic N) is 1. The van der Waals surface area contributed by atoms with E-state index in [0.29, 0.717) is 11.7 Å². The molecular formula is C17H27N3O. The molecule has 2 rings (SSSR count). The third-order valence-electron chi connectivity index (χ3n) is 4.03. The molecule has 1 amide bonds. The molecule has 1 aliphatic carbocycles. The molecule has 0 radical (unpaired) electrons. The third-order valence-corrected chi connectivity index (χ3v) is 4.03. The molecular weight excluding hydrogens is 262 g/mol. The number of hydrogen-bond acceptors (Lipinski definition) is 3. The van der Waals surface area contributed by atoms with E-state index in [1.165, 1.54) is 32.1 Å². The SMILES string of the molecule is CCCCCNC(=O)c1cc(NC2CCCCC2)ccn1. The molecule has 4 nitrogen and oxygen atoms in total. The number of unbranched alkanes of at least 4 members (excludes halogenated alkanes) is 2. The van der Waals surface area contributed by atoms with Crippen molar-refractivity contribution in [3.63, 3.8) is 0 Å². The van der Waals surface area contributed by atoms with E-state index >= 15 is 0 Å². The predicted molar refractivity (Wildman–Crippen MR) is 86.6 cm³/mol. The maximum absolute atomic E-state index is 12.1. The summed E-state index contributed by atoms with van der Waals surface area (Å²) in [5, 5.41) is 6.47. The number of nitrogens with one attached hydrogen (secondary N) is 2. The second-order valence-electron chi connectivity index (χ2n) is 5.87. The van der Waals surface area contributed by atoms with E-state index in [1.54, 1.807) is 6.20 Å². The van der Waals surface area contributed by atoms with Crippen molar-refractivity contribution in [2.24, 2.45) is 0 Å². The van der Waals surface area contributed by atoms with E-state index in [-0.39, 0.29) is 5.91 Å². The normalized spacial score (nSPS) is 15.7. The predicted octanol–water partition coefficient (Wildman–Crippen LogP) is 3.75. The molecule has 21 heavy (non-hydrogen) atoms. The van der Waals surface area contributed by atoms with Crippen molar-refractivity contribution >= 4 is 11.6 Å². The number of carbonyl (C=O) groups excluding carboxylic acids is 1. The molecule has 0 atom stereocenters. The largest absolute Gasteiger partial charge is 0.382 e. The van der Waals surface area contributed by atoms with Crippen LogP contribution in [0.15, 0.2) is 18.3 Å². The van der Waals surface area contributed by atoms with Gasteiger partial charge >= 0.3 is 0 Å². The fourth-order valence-corrected chi connectivity index (χ4v) is 2.79. The van der Waals surface area contributed by atoms with Gasteiger partial charge in [0, 0.05) is 24.5 Å². The van der Waals surface area contributed by atoms with Crippen LogP contribution < -0.4 is 10.6 Å². The van der Waals surface area contributed by atoms with Gasteiger partial charge in [-0.25, -0.2) is 0 Å². The van der Waals surface area contributed by atoms with Crippen LogP contribution in [0, 0.1) is 0 Å². The molecule has 0 bridgehead atoms. The third kappa shape index (κ3) is 5.37. The van der Waals surface area contributed by atoms with Crippen molar-refractivity contribution in [2.75, 3.05) is 11.9 Å². The Morgan fingerprint density at radius 2 is 2.10 bits per heavy atom. The molecule has 1 aliphatic rings. The molecule has 0 saturated heterocycles. The Kier molecular flexibility index (Phi) is 6.51. The highest BCUT2D eigenvalue weighted by molar-refractivity contribution is 5.93. The summed E-state index contributed by atoms with van der Waals surface area (Å²) in [6.45, 7) is 2.89. The van der Waals surface area contributed by atoms with Gasteiger partial charge in [-0.2, -0.15) is 0 Å². The van der Waals surface area contributed by atoms with Crippen molar-refractivity contribution in [1.82, 2.24) is 10.3 Å². The van der Waals surface area contributed by atoms with Crippen molar-refractivity contribution in [2.45, 2.75) is 64.3 Å². The van der Waals surface area contributed by atoms with E-state index in [2.05, 4.69) is 22.5 Å². The molecule has 0 spiro atoms. The zero-order valence-corrected chi connectivity index (χ0v) is 13.0. The second-order valence-corrected chi connectivity index (χ2v) is 5.87. The summed E-state index contributed by atoms with van der Waals surface area (Å²) in [4.78, 5) is 16.2. The first-order chi connectivity index (χ1) is 10.3. The first-order valence-electron chi connectivity index (χ1n) is 8.30. The minimum Gasteiger partial charge on any atom is -0.382 e. The van der Waals surface area contributed by atoms with Crippen LogP contribution in [-0.4, -0.2) is 23.5 Å². The zero-order valence-electron chi connectivity index (χ0n) is 13.0. The summed E-state index contributed by atoms with van der Waals surface area (Å²) < 4.78 is 0. The lowest BCUT2D eigenvalue weighted by molar-refractivity contribution is 0.0948. The Morgan fingerprint density at radius 3 is 2.86 bits per heavy atom. The molecule has 4 heteroatoms. The molecule has 0 aliphatic heterocycles. The van der Waals surface area contributed by atoms with Gasteiger partial charge in [0.15, 0.2) is 0 Å². The van der Waals surface area contributed by atoms with Crippen molar-refractivity contribution in [1.29, 1.82) is 0 Å². The average molecular weight is 289 g/mol. The maximum Gasteiger partial charge on any atom is 0.269 e. The van der Waals surface area contributed by atoms with Crippen LogP contribution in [-0.2, 0) is 0 Å². The van der Waals surface area contributed by atoms with Crippen LogP contribution in [0.1, 0.15) is 68.8 Å². The molecule has 1 saturated carbocycles. The minimum absolute atomic E-state index is 0.0709. The van der Waals surface area contributed by atoms with Crippen LogP contribution in [0.4, 0.5) is 5.69 Å². The Labute approximate surface area is 127 Å². The molecule has 116 valence electrons. The highest BCUT2D eigenvalue weighted by Gasteiger charge is 2.14. The second kappa shape index (κ2) is 8.65. The molecule has 1 aromatic rings. The summed E-state index contributed by atoms with van der Waals surface area (Å²) in [5.74, 6) is -0.0709. The number of aromatic nitrogens is 1. The summed E-state index contributed by atoms with van der Waals surface area (Å²) in [6, 6.07) is 4.35. The van der Waals surface area contributed by atoms with E-state index in [4.69, 9.17) is 0 Å². The number of pyridine rings is 1. The molecule has 2 N–H and O–H groups in total. The number of anilines is 1. The molecule has 0 unspecified atom stereocenters. The number of amides is 1. The van der Waals surface area contributed by atoms with Gasteiger partial charge in [0.1, 0.15) is 5.69 Å². The standard InChI is InChI=1S/C17H27N3O/c1-2-3-7-11-19-17(21)16-13-15(10-12-18-16)20-14-8-5-4-6-9-14/h10,12-14H,2-9,11H2,1H3,(H,18,20)(H,19,21). The van der Waals surface area contributed by atoms with E-state index in [1.807, 2.05) is 12.1 Å². The van der Waals surface area contributed by atoms with Gasteiger partial charge in [0.05, 0.1) is 0 Å². The number of carbonyl (C=O) groups is 1. The average Bonchev–Trinajstić information content (AvgIpc) is 2.53. The first kappa shape index (κ1) is 15.8. The van der Waals surface area contributed by atoms with Crippen molar-refractivity contribution < 1.29 is 4.79 Å². The smallest absolute Gasteiger partial charge is 0.269 e. The quantitative estimate of drug-likeness (QED) is 0.752. The van der Waals surface area contributed by atoms with Crippen LogP contribution in [0.25, 0.3) is 0 Å². The zero-order chi connectivity index (χ0) is 14.9. The van der Waals surface area contributed by atoms with Crippen LogP contribution >= 0.6 is 0 Å². The van der Waals surface area contributed by atoms with E-state index < -0.39 is 0 Å². The number of rotatable bonds is 7. The van der Waals surface area contributed by atoms with E-state index in [0.717, 1.165) is 31.5 Å². The topological polar surface area (TPSA) is 54.0 Å². The highest BCUT2D eigenvalue weighted by atomic mass is 16.1. The molecule has 1 aromatic heterocycles. The Bertz CT molecular complexity index is 441. The fourth-order valence-electron chi connectivity index (χ4n) is 2.79. The van der Waals surface area contributed by atoms with Gasteiger partial charge in [-0.15, -0.1) is 0 Å². The van der Waals surface area contributed by atoms with Crippen molar-refractivity contribution in [3.05, 3.63) is 24.0 Å². The highest BCUT2D eigenvalue weighted by Crippen LogP contribution is 2.21. The maximum atomic E-state index is 12.1. The van der Waals surface area contributed by atoms with Gasteiger partial charge in [-0.3, -0.25) is 9.78 Å². The monoisotopic (exact) mass is 289 g/mol. The van der Waals surface area contributed by atoms with Crippen LogP contribution in [0.5, 0.6) is 0 Å². The minimum atomic E-state index is -0.0709. The van der Waals surface area contributed by atoms with Gasteiger partial charge in [-0.05, 0) is 31.4 Å². The van der Waals surface area contributed by atoms with Crippen molar-refractivity contribution in [3.8, 4) is 0 Å². The Balaban J connectivity index is 1.85. The molecule has 1 fully saturated rings. The molecule has 1 heterocycles. The fraction of sp³-hybridized carbons (Fsp3) is 0.647. The lowest BCUT2D eigenvalue weighted by Crippen LogP contribution is -2.26. The summed E-state index contributed by atoms with van der Waals surface area (Å²) in [5.41, 5.74) is 1.52. The van der Waals surface area contributed by atoms with Crippen LogP contribution in [0.2, 0.25) is 0 Å². The summed E-state index contributed by atoms with van der Waals surface area (Å²) >= 11 is 0. The Morgan fingerprint density at radius 1 is 1.29 bits per heavy atom.